The van der Waals surface area contributed by atoms with Crippen LogP contribution in [0.5, 0.6) is 5.75 Å². The third-order valence-electron chi connectivity index (χ3n) is 3.94. The fourth-order valence-corrected chi connectivity index (χ4v) is 2.70. The van der Waals surface area contributed by atoms with E-state index in [0.29, 0.717) is 5.75 Å². The summed E-state index contributed by atoms with van der Waals surface area (Å²) in [4.78, 5) is 12.1. The molecule has 0 fully saturated rings. The van der Waals surface area contributed by atoms with Crippen molar-refractivity contribution in [1.29, 1.82) is 0 Å². The molecule has 0 radical (unpaired) electrons. The lowest BCUT2D eigenvalue weighted by Gasteiger charge is -2.09. The Balaban J connectivity index is 1.94. The van der Waals surface area contributed by atoms with Crippen molar-refractivity contribution in [2.75, 3.05) is 6.61 Å². The third kappa shape index (κ3) is 6.64. The van der Waals surface area contributed by atoms with E-state index >= 15 is 0 Å². The topological polar surface area (TPSA) is 50.7 Å². The average molecular weight is 417 g/mol. The van der Waals surface area contributed by atoms with Gasteiger partial charge in [-0.15, -0.1) is 0 Å². The fraction of sp³-hybridized carbons (Fsp3) is 0.333. The van der Waals surface area contributed by atoms with Crippen molar-refractivity contribution >= 4 is 27.5 Å². The van der Waals surface area contributed by atoms with Gasteiger partial charge in [0, 0.05) is 4.47 Å². The molecule has 0 aliphatic carbocycles. The van der Waals surface area contributed by atoms with E-state index in [9.17, 15) is 4.79 Å². The minimum absolute atomic E-state index is 0.0679. The van der Waals surface area contributed by atoms with Crippen LogP contribution in [0.15, 0.2) is 58.1 Å². The summed E-state index contributed by atoms with van der Waals surface area (Å²) in [5, 5.41) is 4.34. The number of unbranched alkanes of at least 4 members (excludes halogenated alkanes) is 2. The van der Waals surface area contributed by atoms with Crippen molar-refractivity contribution in [3.63, 3.8) is 0 Å². The van der Waals surface area contributed by atoms with Gasteiger partial charge in [-0.05, 0) is 49.1 Å². The molecule has 4 nitrogen and oxygen atoms in total. The van der Waals surface area contributed by atoms with Crippen molar-refractivity contribution in [1.82, 2.24) is 5.43 Å². The minimum Gasteiger partial charge on any atom is -0.484 e. The zero-order valence-corrected chi connectivity index (χ0v) is 16.9. The van der Waals surface area contributed by atoms with E-state index in [1.807, 2.05) is 55.5 Å². The van der Waals surface area contributed by atoms with E-state index < -0.39 is 0 Å². The smallest absolute Gasteiger partial charge is 0.277 e. The predicted molar refractivity (Wildman–Crippen MR) is 110 cm³/mol. The Labute approximate surface area is 163 Å². The number of ether oxygens (including phenoxy) is 1. The number of benzene rings is 2. The van der Waals surface area contributed by atoms with Gasteiger partial charge in [0.1, 0.15) is 5.75 Å². The molecule has 0 saturated heterocycles. The summed E-state index contributed by atoms with van der Waals surface area (Å²) in [5.41, 5.74) is 5.61. The first-order valence-electron chi connectivity index (χ1n) is 8.90. The van der Waals surface area contributed by atoms with Crippen LogP contribution in [0.3, 0.4) is 0 Å². The van der Waals surface area contributed by atoms with Gasteiger partial charge >= 0.3 is 0 Å². The number of carbonyl (C=O) groups excluding carboxylic acids is 1. The van der Waals surface area contributed by atoms with Gasteiger partial charge in [0.15, 0.2) is 6.61 Å². The average Bonchev–Trinajstić information content (AvgIpc) is 2.66. The third-order valence-corrected chi connectivity index (χ3v) is 4.83. The number of carbonyl (C=O) groups is 1. The van der Waals surface area contributed by atoms with Gasteiger partial charge in [0.2, 0.25) is 0 Å². The Morgan fingerprint density at radius 3 is 2.62 bits per heavy atom. The van der Waals surface area contributed by atoms with E-state index in [-0.39, 0.29) is 12.5 Å². The molecule has 2 aromatic rings. The van der Waals surface area contributed by atoms with E-state index in [0.717, 1.165) is 47.0 Å². The van der Waals surface area contributed by atoms with Crippen LogP contribution in [0, 0.1) is 6.92 Å². The van der Waals surface area contributed by atoms with Gasteiger partial charge in [0.25, 0.3) is 5.91 Å². The molecule has 1 N–H and O–H groups in total. The molecule has 0 spiro atoms. The first-order chi connectivity index (χ1) is 12.6. The standard InChI is InChI=1S/C21H25BrN2O2/c1-3-4-6-11-20(17-9-7-5-8-10-17)23-24-21(25)15-26-18-12-13-19(22)16(2)14-18/h5,7-10,12-14H,3-4,6,11,15H2,1-2H3,(H,24,25)/b23-20+. The van der Waals surface area contributed by atoms with Gasteiger partial charge in [-0.1, -0.05) is 66.0 Å². The quantitative estimate of drug-likeness (QED) is 0.345. The Morgan fingerprint density at radius 2 is 1.92 bits per heavy atom. The van der Waals surface area contributed by atoms with Crippen molar-refractivity contribution in [3.05, 3.63) is 64.1 Å². The lowest BCUT2D eigenvalue weighted by molar-refractivity contribution is -0.123. The van der Waals surface area contributed by atoms with E-state index in [1.54, 1.807) is 0 Å². The maximum atomic E-state index is 12.1. The van der Waals surface area contributed by atoms with Crippen molar-refractivity contribution < 1.29 is 9.53 Å². The molecular weight excluding hydrogens is 392 g/mol. The fourth-order valence-electron chi connectivity index (χ4n) is 2.46. The van der Waals surface area contributed by atoms with Gasteiger partial charge < -0.3 is 4.74 Å². The zero-order chi connectivity index (χ0) is 18.8. The second-order valence-electron chi connectivity index (χ2n) is 6.12. The van der Waals surface area contributed by atoms with Gasteiger partial charge in [-0.25, -0.2) is 5.43 Å². The highest BCUT2D eigenvalue weighted by Crippen LogP contribution is 2.21. The molecule has 26 heavy (non-hydrogen) atoms. The van der Waals surface area contributed by atoms with Crippen LogP contribution in [-0.2, 0) is 4.79 Å². The summed E-state index contributed by atoms with van der Waals surface area (Å²) in [6.07, 6.45) is 4.18. The number of nitrogens with zero attached hydrogens (tertiary/aromatic N) is 1. The van der Waals surface area contributed by atoms with Crippen LogP contribution in [0.2, 0.25) is 0 Å². The Bertz CT molecular complexity index is 745. The normalized spacial score (nSPS) is 11.3. The summed E-state index contributed by atoms with van der Waals surface area (Å²) < 4.78 is 6.55. The summed E-state index contributed by atoms with van der Waals surface area (Å²) in [5.74, 6) is 0.394. The van der Waals surface area contributed by atoms with E-state index in [2.05, 4.69) is 33.4 Å². The molecule has 0 aliphatic rings. The first kappa shape index (κ1) is 20.2. The van der Waals surface area contributed by atoms with Crippen LogP contribution in [0.25, 0.3) is 0 Å². The molecule has 5 heteroatoms. The van der Waals surface area contributed by atoms with E-state index in [4.69, 9.17) is 4.74 Å². The monoisotopic (exact) mass is 416 g/mol. The highest BCUT2D eigenvalue weighted by Gasteiger charge is 2.07. The molecule has 0 aliphatic heterocycles. The number of rotatable bonds is 9. The van der Waals surface area contributed by atoms with E-state index in [1.165, 1.54) is 0 Å². The van der Waals surface area contributed by atoms with Crippen LogP contribution in [0.1, 0.15) is 43.7 Å². The molecule has 1 amide bonds. The summed E-state index contributed by atoms with van der Waals surface area (Å²) >= 11 is 3.45. The second-order valence-corrected chi connectivity index (χ2v) is 6.97. The highest BCUT2D eigenvalue weighted by molar-refractivity contribution is 9.10. The van der Waals surface area contributed by atoms with Gasteiger partial charge in [-0.3, -0.25) is 4.79 Å². The van der Waals surface area contributed by atoms with Crippen molar-refractivity contribution in [2.24, 2.45) is 5.10 Å². The van der Waals surface area contributed by atoms with Gasteiger partial charge in [-0.2, -0.15) is 5.10 Å². The van der Waals surface area contributed by atoms with Gasteiger partial charge in [0.05, 0.1) is 5.71 Å². The van der Waals surface area contributed by atoms with Crippen LogP contribution >= 0.6 is 15.9 Å². The number of hydrogen-bond donors (Lipinski definition) is 1. The zero-order valence-electron chi connectivity index (χ0n) is 15.3. The molecule has 2 aromatic carbocycles. The molecule has 0 atom stereocenters. The largest absolute Gasteiger partial charge is 0.484 e. The second kappa shape index (κ2) is 10.8. The highest BCUT2D eigenvalue weighted by atomic mass is 79.9. The maximum Gasteiger partial charge on any atom is 0.277 e. The maximum absolute atomic E-state index is 12.1. The summed E-state index contributed by atoms with van der Waals surface area (Å²) in [6, 6.07) is 15.6. The number of aryl methyl sites for hydroxylation is 1. The Kier molecular flexibility index (Phi) is 8.35. The summed E-state index contributed by atoms with van der Waals surface area (Å²) in [6.45, 7) is 4.08. The molecule has 2 rings (SSSR count). The Morgan fingerprint density at radius 1 is 1.15 bits per heavy atom. The molecular formula is C21H25BrN2O2. The molecule has 138 valence electrons. The number of amides is 1. The van der Waals surface area contributed by atoms with Crippen LogP contribution < -0.4 is 10.2 Å². The minimum atomic E-state index is -0.269. The number of hydrazone groups is 1. The lowest BCUT2D eigenvalue weighted by atomic mass is 10.0. The Hall–Kier alpha value is -2.14. The summed E-state index contributed by atoms with van der Waals surface area (Å²) in [7, 11) is 0. The number of halogens is 1. The van der Waals surface area contributed by atoms with Crippen LogP contribution in [0.4, 0.5) is 0 Å². The number of nitrogens with one attached hydrogen (secondary N) is 1. The molecule has 0 heterocycles. The lowest BCUT2D eigenvalue weighted by Crippen LogP contribution is -2.26. The molecule has 0 bridgehead atoms. The first-order valence-corrected chi connectivity index (χ1v) is 9.69. The predicted octanol–water partition coefficient (Wildman–Crippen LogP) is 5.24. The SMILES string of the molecule is CCCCC/C(=N\NC(=O)COc1ccc(Br)c(C)c1)c1ccccc1. The van der Waals surface area contributed by atoms with Crippen molar-refractivity contribution in [3.8, 4) is 5.75 Å². The molecule has 0 unspecified atom stereocenters. The van der Waals surface area contributed by atoms with Crippen LogP contribution in [-0.4, -0.2) is 18.2 Å². The number of hydrogen-bond acceptors (Lipinski definition) is 3. The molecule has 0 saturated carbocycles. The van der Waals surface area contributed by atoms with Crippen molar-refractivity contribution in [2.45, 2.75) is 39.5 Å². The molecule has 0 aromatic heterocycles.